The highest BCUT2D eigenvalue weighted by molar-refractivity contribution is 6.42. The Morgan fingerprint density at radius 1 is 1.14 bits per heavy atom. The lowest BCUT2D eigenvalue weighted by Gasteiger charge is -2.29. The van der Waals surface area contributed by atoms with Gasteiger partial charge in [-0.25, -0.2) is 0 Å². The van der Waals surface area contributed by atoms with E-state index in [-0.39, 0.29) is 0 Å². The molecule has 1 atom stereocenters. The van der Waals surface area contributed by atoms with Crippen molar-refractivity contribution in [1.82, 2.24) is 0 Å². The van der Waals surface area contributed by atoms with Crippen LogP contribution in [-0.4, -0.2) is 6.04 Å². The molecule has 0 saturated carbocycles. The molecule has 0 aromatic heterocycles. The molecule has 0 bridgehead atoms. The average molecular weight is 431 g/mol. The molecule has 2 nitrogen and oxygen atoms in total. The first-order chi connectivity index (χ1) is 13.6. The Bertz CT molecular complexity index is 875. The molecule has 0 radical (unpaired) electrons. The first-order valence-corrected chi connectivity index (χ1v) is 10.4. The monoisotopic (exact) mass is 430 g/mol. The second-order valence-corrected chi connectivity index (χ2v) is 8.21. The molecule has 1 aliphatic carbocycles. The quantitative estimate of drug-likeness (QED) is 0.497. The molecule has 4 heteroatoms. The zero-order chi connectivity index (χ0) is 22.1. The zero-order valence-corrected chi connectivity index (χ0v) is 19.3. The Morgan fingerprint density at radius 2 is 1.69 bits per heavy atom. The van der Waals surface area contributed by atoms with Gasteiger partial charge < -0.3 is 11.5 Å². The van der Waals surface area contributed by atoms with E-state index >= 15 is 0 Å². The molecular formula is C25H32Cl2N2. The largest absolute Gasteiger partial charge is 0.403 e. The first kappa shape index (κ1) is 25.0. The molecule has 1 aliphatic rings. The average Bonchev–Trinajstić information content (AvgIpc) is 2.64. The van der Waals surface area contributed by atoms with Crippen molar-refractivity contribution in [2.75, 3.05) is 0 Å². The predicted octanol–water partition coefficient (Wildman–Crippen LogP) is 7.32. The lowest BCUT2D eigenvalue weighted by atomic mass is 9.74. The summed E-state index contributed by atoms with van der Waals surface area (Å²) in [5, 5.41) is 1.21. The van der Waals surface area contributed by atoms with Gasteiger partial charge in [0.25, 0.3) is 0 Å². The van der Waals surface area contributed by atoms with Gasteiger partial charge in [-0.1, -0.05) is 86.6 Å². The van der Waals surface area contributed by atoms with E-state index < -0.39 is 0 Å². The van der Waals surface area contributed by atoms with Gasteiger partial charge in [-0.05, 0) is 72.0 Å². The van der Waals surface area contributed by atoms with E-state index in [0.29, 0.717) is 27.7 Å². The van der Waals surface area contributed by atoms with Crippen LogP contribution in [0.25, 0.3) is 5.57 Å². The Balaban J connectivity index is 0.000000452. The summed E-state index contributed by atoms with van der Waals surface area (Å²) >= 11 is 12.2. The van der Waals surface area contributed by atoms with Gasteiger partial charge >= 0.3 is 0 Å². The SMILES string of the molecule is C=C(C)N.C=C1/C(=C\C)CC(c2ccc(Cl)c(Cl)c2)c2ccccc21.CC(C)N. The highest BCUT2D eigenvalue weighted by atomic mass is 35.5. The number of halogens is 2. The maximum atomic E-state index is 6.19. The van der Waals surface area contributed by atoms with Crippen molar-refractivity contribution in [2.45, 2.75) is 46.1 Å². The van der Waals surface area contributed by atoms with Gasteiger partial charge in [0.05, 0.1) is 10.0 Å². The van der Waals surface area contributed by atoms with Gasteiger partial charge in [-0.15, -0.1) is 0 Å². The molecule has 0 spiro atoms. The van der Waals surface area contributed by atoms with Crippen molar-refractivity contribution in [1.29, 1.82) is 0 Å². The second kappa shape index (κ2) is 11.9. The molecule has 0 fully saturated rings. The van der Waals surface area contributed by atoms with Gasteiger partial charge in [0.2, 0.25) is 0 Å². The molecule has 0 heterocycles. The van der Waals surface area contributed by atoms with Crippen LogP contribution in [-0.2, 0) is 0 Å². The molecule has 1 unspecified atom stereocenters. The number of rotatable bonds is 1. The summed E-state index contributed by atoms with van der Waals surface area (Å²) < 4.78 is 0. The summed E-state index contributed by atoms with van der Waals surface area (Å²) in [7, 11) is 0. The van der Waals surface area contributed by atoms with Crippen molar-refractivity contribution >= 4 is 28.8 Å². The number of hydrogen-bond acceptors (Lipinski definition) is 2. The number of benzene rings is 2. The third-order valence-corrected chi connectivity index (χ3v) is 4.91. The minimum Gasteiger partial charge on any atom is -0.403 e. The van der Waals surface area contributed by atoms with E-state index in [1.165, 1.54) is 22.3 Å². The Hall–Kier alpha value is -2.00. The smallest absolute Gasteiger partial charge is 0.0595 e. The maximum absolute atomic E-state index is 6.19. The summed E-state index contributed by atoms with van der Waals surface area (Å²) in [6.07, 6.45) is 3.10. The number of fused-ring (bicyclic) bond motifs is 1. The Morgan fingerprint density at radius 3 is 2.21 bits per heavy atom. The molecular weight excluding hydrogens is 399 g/mol. The molecule has 29 heavy (non-hydrogen) atoms. The standard InChI is InChI=1S/C19H16Cl2.C3H9N.C3H7N/c1-3-13-10-17(14-8-9-18(20)19(21)11-14)16-7-5-4-6-15(16)12(13)2;2*1-3(2)4/h3-9,11,17H,2,10H2,1H3;3H,4H2,1-2H3;1,4H2,2H3/b13-3-;;. The fourth-order valence-corrected chi connectivity index (χ4v) is 3.33. The number of allylic oxidation sites excluding steroid dienone is 4. The highest BCUT2D eigenvalue weighted by Crippen LogP contribution is 2.44. The van der Waals surface area contributed by atoms with Crippen LogP contribution in [0.4, 0.5) is 0 Å². The normalized spacial score (nSPS) is 16.3. The minimum atomic E-state index is 0.299. The van der Waals surface area contributed by atoms with Crippen molar-refractivity contribution in [2.24, 2.45) is 11.5 Å². The summed E-state index contributed by atoms with van der Waals surface area (Å²) in [6.45, 7) is 15.3. The molecule has 0 amide bonds. The van der Waals surface area contributed by atoms with E-state index in [4.69, 9.17) is 34.7 Å². The second-order valence-electron chi connectivity index (χ2n) is 7.40. The van der Waals surface area contributed by atoms with Crippen molar-refractivity contribution in [3.8, 4) is 0 Å². The van der Waals surface area contributed by atoms with Crippen molar-refractivity contribution < 1.29 is 0 Å². The molecule has 0 saturated heterocycles. The lowest BCUT2D eigenvalue weighted by molar-refractivity contribution is 0.791. The van der Waals surface area contributed by atoms with Crippen LogP contribution in [0.15, 0.2) is 73.0 Å². The minimum absolute atomic E-state index is 0.299. The Labute approximate surface area is 185 Å². The molecule has 2 aromatic rings. The fraction of sp³-hybridized carbons (Fsp3) is 0.280. The van der Waals surface area contributed by atoms with Crippen LogP contribution in [0.2, 0.25) is 10.0 Å². The topological polar surface area (TPSA) is 52.0 Å². The van der Waals surface area contributed by atoms with Gasteiger partial charge in [-0.2, -0.15) is 0 Å². The zero-order valence-electron chi connectivity index (χ0n) is 17.8. The van der Waals surface area contributed by atoms with E-state index in [9.17, 15) is 0 Å². The predicted molar refractivity (Wildman–Crippen MR) is 130 cm³/mol. The van der Waals surface area contributed by atoms with Gasteiger partial charge in [-0.3, -0.25) is 0 Å². The summed E-state index contributed by atoms with van der Waals surface area (Å²) in [4.78, 5) is 0. The van der Waals surface area contributed by atoms with Gasteiger partial charge in [0, 0.05) is 5.92 Å². The van der Waals surface area contributed by atoms with E-state index in [1.807, 2.05) is 26.0 Å². The lowest BCUT2D eigenvalue weighted by Crippen LogP contribution is -2.12. The molecule has 3 rings (SSSR count). The van der Waals surface area contributed by atoms with Crippen molar-refractivity contribution in [3.05, 3.63) is 99.7 Å². The van der Waals surface area contributed by atoms with Crippen LogP contribution in [0.3, 0.4) is 0 Å². The highest BCUT2D eigenvalue weighted by Gasteiger charge is 2.26. The summed E-state index contributed by atoms with van der Waals surface area (Å²) in [5.41, 5.74) is 16.9. The van der Waals surface area contributed by atoms with Crippen LogP contribution in [0.5, 0.6) is 0 Å². The molecule has 0 aliphatic heterocycles. The third-order valence-electron chi connectivity index (χ3n) is 4.17. The van der Waals surface area contributed by atoms with Crippen molar-refractivity contribution in [3.63, 3.8) is 0 Å². The number of nitrogens with two attached hydrogens (primary N) is 2. The van der Waals surface area contributed by atoms with Gasteiger partial charge in [0.1, 0.15) is 0 Å². The van der Waals surface area contributed by atoms with Crippen LogP contribution in [0.1, 0.15) is 56.7 Å². The number of hydrogen-bond donors (Lipinski definition) is 2. The van der Waals surface area contributed by atoms with E-state index in [0.717, 1.165) is 12.0 Å². The summed E-state index contributed by atoms with van der Waals surface area (Å²) in [5.74, 6) is 0.299. The third kappa shape index (κ3) is 7.74. The molecule has 156 valence electrons. The molecule has 2 aromatic carbocycles. The molecule has 4 N–H and O–H groups in total. The summed E-state index contributed by atoms with van der Waals surface area (Å²) in [6, 6.07) is 14.7. The van der Waals surface area contributed by atoms with Crippen LogP contribution in [0, 0.1) is 0 Å². The van der Waals surface area contributed by atoms with Crippen LogP contribution >= 0.6 is 23.2 Å². The first-order valence-electron chi connectivity index (χ1n) is 9.63. The van der Waals surface area contributed by atoms with Crippen LogP contribution < -0.4 is 11.5 Å². The maximum Gasteiger partial charge on any atom is 0.0595 e. The Kier molecular flexibility index (Phi) is 10.2. The fourth-order valence-electron chi connectivity index (χ4n) is 3.02. The van der Waals surface area contributed by atoms with E-state index in [1.54, 1.807) is 6.92 Å². The van der Waals surface area contributed by atoms with Gasteiger partial charge in [0.15, 0.2) is 0 Å². The van der Waals surface area contributed by atoms with E-state index in [2.05, 4.69) is 56.5 Å².